The van der Waals surface area contributed by atoms with Gasteiger partial charge in [0.1, 0.15) is 0 Å². The third kappa shape index (κ3) is 4.20. The lowest BCUT2D eigenvalue weighted by Gasteiger charge is -2.26. The number of likely N-dealkylation sites (tertiary alicyclic amines) is 1. The van der Waals surface area contributed by atoms with E-state index in [1.807, 2.05) is 4.90 Å². The van der Waals surface area contributed by atoms with Crippen molar-refractivity contribution in [2.24, 2.45) is 0 Å². The number of carbonyl (C=O) groups excluding carboxylic acids is 1. The first-order valence-corrected chi connectivity index (χ1v) is 6.29. The van der Waals surface area contributed by atoms with E-state index in [2.05, 4.69) is 19.2 Å². The molecule has 0 aliphatic carbocycles. The molecule has 0 aromatic carbocycles. The van der Waals surface area contributed by atoms with Crippen molar-refractivity contribution < 1.29 is 4.79 Å². The molecule has 1 aliphatic heterocycles. The molecule has 88 valence electrons. The molecule has 1 atom stereocenters. The molecule has 0 aromatic rings. The van der Waals surface area contributed by atoms with E-state index in [-0.39, 0.29) is 0 Å². The Bertz CT molecular complexity index is 194. The molecular weight excluding hydrogens is 188 g/mol. The number of rotatable bonds is 5. The van der Waals surface area contributed by atoms with E-state index < -0.39 is 0 Å². The molecule has 1 rings (SSSR count). The predicted octanol–water partition coefficient (Wildman–Crippen LogP) is 1.78. The summed E-state index contributed by atoms with van der Waals surface area (Å²) < 4.78 is 0. The largest absolute Gasteiger partial charge is 0.341 e. The van der Waals surface area contributed by atoms with Crippen molar-refractivity contribution in [3.05, 3.63) is 0 Å². The van der Waals surface area contributed by atoms with Gasteiger partial charge in [-0.25, -0.2) is 0 Å². The normalized spacial score (nSPS) is 20.1. The Morgan fingerprint density at radius 2 is 2.13 bits per heavy atom. The van der Waals surface area contributed by atoms with Crippen molar-refractivity contribution in [3.63, 3.8) is 0 Å². The van der Waals surface area contributed by atoms with Crippen molar-refractivity contribution in [2.75, 3.05) is 19.6 Å². The van der Waals surface area contributed by atoms with Crippen molar-refractivity contribution in [2.45, 2.75) is 52.0 Å². The molecule has 0 bridgehead atoms. The standard InChI is InChI=1S/C12H24N2O/c1-3-11(13-4-2)10-14-9-7-5-6-8-12(14)15/h11,13H,3-10H2,1-2H3. The smallest absolute Gasteiger partial charge is 0.222 e. The molecule has 1 amide bonds. The number of hydrogen-bond acceptors (Lipinski definition) is 2. The summed E-state index contributed by atoms with van der Waals surface area (Å²) in [6.45, 7) is 7.13. The van der Waals surface area contributed by atoms with Crippen LogP contribution in [0.15, 0.2) is 0 Å². The van der Waals surface area contributed by atoms with Crippen LogP contribution in [0.4, 0.5) is 0 Å². The molecule has 0 saturated carbocycles. The Labute approximate surface area is 93.2 Å². The van der Waals surface area contributed by atoms with Crippen LogP contribution in [-0.2, 0) is 4.79 Å². The van der Waals surface area contributed by atoms with Crippen LogP contribution in [0.25, 0.3) is 0 Å². The Kier molecular flexibility index (Phi) is 5.69. The molecule has 1 N–H and O–H groups in total. The first-order valence-electron chi connectivity index (χ1n) is 6.29. The number of likely N-dealkylation sites (N-methyl/N-ethyl adjacent to an activating group) is 1. The molecule has 1 saturated heterocycles. The monoisotopic (exact) mass is 212 g/mol. The fourth-order valence-corrected chi connectivity index (χ4v) is 2.12. The van der Waals surface area contributed by atoms with Crippen LogP contribution in [-0.4, -0.2) is 36.5 Å². The van der Waals surface area contributed by atoms with Gasteiger partial charge in [0, 0.05) is 25.6 Å². The molecule has 0 spiro atoms. The molecule has 0 aromatic heterocycles. The lowest BCUT2D eigenvalue weighted by molar-refractivity contribution is -0.131. The predicted molar refractivity (Wildman–Crippen MR) is 62.8 cm³/mol. The van der Waals surface area contributed by atoms with E-state index in [1.165, 1.54) is 12.8 Å². The van der Waals surface area contributed by atoms with Gasteiger partial charge in [-0.05, 0) is 25.8 Å². The highest BCUT2D eigenvalue weighted by molar-refractivity contribution is 5.76. The minimum atomic E-state index is 0.351. The average molecular weight is 212 g/mol. The Morgan fingerprint density at radius 1 is 1.33 bits per heavy atom. The maximum atomic E-state index is 11.8. The zero-order valence-electron chi connectivity index (χ0n) is 10.1. The van der Waals surface area contributed by atoms with Gasteiger partial charge in [0.25, 0.3) is 0 Å². The zero-order valence-corrected chi connectivity index (χ0v) is 10.1. The Balaban J connectivity index is 2.42. The van der Waals surface area contributed by atoms with Crippen LogP contribution in [0, 0.1) is 0 Å². The second kappa shape index (κ2) is 6.83. The van der Waals surface area contributed by atoms with E-state index in [9.17, 15) is 4.79 Å². The lowest BCUT2D eigenvalue weighted by atomic mass is 10.2. The summed E-state index contributed by atoms with van der Waals surface area (Å²) in [5, 5.41) is 3.43. The summed E-state index contributed by atoms with van der Waals surface area (Å²) in [7, 11) is 0. The maximum Gasteiger partial charge on any atom is 0.222 e. The first-order chi connectivity index (χ1) is 7.27. The molecule has 1 unspecified atom stereocenters. The second-order valence-electron chi connectivity index (χ2n) is 4.31. The lowest BCUT2D eigenvalue weighted by Crippen LogP contribution is -2.43. The molecule has 1 fully saturated rings. The van der Waals surface area contributed by atoms with Gasteiger partial charge in [-0.15, -0.1) is 0 Å². The van der Waals surface area contributed by atoms with Gasteiger partial charge in [0.15, 0.2) is 0 Å². The second-order valence-corrected chi connectivity index (χ2v) is 4.31. The van der Waals surface area contributed by atoms with E-state index in [0.29, 0.717) is 11.9 Å². The fraction of sp³-hybridized carbons (Fsp3) is 0.917. The van der Waals surface area contributed by atoms with Crippen molar-refractivity contribution in [3.8, 4) is 0 Å². The van der Waals surface area contributed by atoms with Gasteiger partial charge >= 0.3 is 0 Å². The van der Waals surface area contributed by atoms with Gasteiger partial charge in [0.2, 0.25) is 5.91 Å². The van der Waals surface area contributed by atoms with Crippen molar-refractivity contribution >= 4 is 5.91 Å². The number of carbonyl (C=O) groups is 1. The highest BCUT2D eigenvalue weighted by Gasteiger charge is 2.19. The average Bonchev–Trinajstić information content (AvgIpc) is 2.43. The summed E-state index contributed by atoms with van der Waals surface area (Å²) >= 11 is 0. The number of nitrogens with one attached hydrogen (secondary N) is 1. The van der Waals surface area contributed by atoms with E-state index in [0.717, 1.165) is 38.9 Å². The van der Waals surface area contributed by atoms with Crippen LogP contribution < -0.4 is 5.32 Å². The third-order valence-electron chi connectivity index (χ3n) is 3.10. The number of hydrogen-bond donors (Lipinski definition) is 1. The molecule has 3 heteroatoms. The van der Waals surface area contributed by atoms with Crippen molar-refractivity contribution in [1.29, 1.82) is 0 Å². The molecule has 1 heterocycles. The number of nitrogens with zero attached hydrogens (tertiary/aromatic N) is 1. The number of amides is 1. The van der Waals surface area contributed by atoms with Gasteiger partial charge in [-0.2, -0.15) is 0 Å². The third-order valence-corrected chi connectivity index (χ3v) is 3.10. The SMILES string of the molecule is CCNC(CC)CN1CCCCCC1=O. The van der Waals surface area contributed by atoms with Gasteiger partial charge in [-0.3, -0.25) is 4.79 Å². The molecule has 1 aliphatic rings. The minimum Gasteiger partial charge on any atom is -0.341 e. The van der Waals surface area contributed by atoms with E-state index in [1.54, 1.807) is 0 Å². The van der Waals surface area contributed by atoms with Gasteiger partial charge < -0.3 is 10.2 Å². The van der Waals surface area contributed by atoms with Crippen LogP contribution in [0.3, 0.4) is 0 Å². The zero-order chi connectivity index (χ0) is 11.1. The van der Waals surface area contributed by atoms with E-state index in [4.69, 9.17) is 0 Å². The quantitative estimate of drug-likeness (QED) is 0.753. The summed E-state index contributed by atoms with van der Waals surface area (Å²) in [4.78, 5) is 13.8. The van der Waals surface area contributed by atoms with Crippen LogP contribution in [0.2, 0.25) is 0 Å². The first kappa shape index (κ1) is 12.5. The Morgan fingerprint density at radius 3 is 2.80 bits per heavy atom. The topological polar surface area (TPSA) is 32.3 Å². The maximum absolute atomic E-state index is 11.8. The summed E-state index contributed by atoms with van der Waals surface area (Å²) in [5.74, 6) is 0.351. The van der Waals surface area contributed by atoms with Gasteiger partial charge in [-0.1, -0.05) is 20.3 Å². The summed E-state index contributed by atoms with van der Waals surface area (Å²) in [6.07, 6.45) is 5.31. The molecule has 3 nitrogen and oxygen atoms in total. The molecule has 15 heavy (non-hydrogen) atoms. The highest BCUT2D eigenvalue weighted by atomic mass is 16.2. The van der Waals surface area contributed by atoms with Crippen LogP contribution in [0.1, 0.15) is 46.0 Å². The van der Waals surface area contributed by atoms with Gasteiger partial charge in [0.05, 0.1) is 0 Å². The fourth-order valence-electron chi connectivity index (χ4n) is 2.12. The molecule has 0 radical (unpaired) electrons. The highest BCUT2D eigenvalue weighted by Crippen LogP contribution is 2.11. The Hall–Kier alpha value is -0.570. The van der Waals surface area contributed by atoms with Crippen LogP contribution >= 0.6 is 0 Å². The van der Waals surface area contributed by atoms with E-state index >= 15 is 0 Å². The minimum absolute atomic E-state index is 0.351. The summed E-state index contributed by atoms with van der Waals surface area (Å²) in [5.41, 5.74) is 0. The summed E-state index contributed by atoms with van der Waals surface area (Å²) in [6, 6.07) is 0.469. The van der Waals surface area contributed by atoms with Crippen LogP contribution in [0.5, 0.6) is 0 Å². The molecular formula is C12H24N2O. The van der Waals surface area contributed by atoms with Crippen molar-refractivity contribution in [1.82, 2.24) is 10.2 Å².